The van der Waals surface area contributed by atoms with Gasteiger partial charge in [-0.2, -0.15) is 0 Å². The number of methoxy groups -OCH3 is 2. The van der Waals surface area contributed by atoms with Crippen molar-refractivity contribution in [2.45, 2.75) is 13.5 Å². The minimum atomic E-state index is -0.505. The summed E-state index contributed by atoms with van der Waals surface area (Å²) in [5, 5.41) is 2.95. The first-order valence-electron chi connectivity index (χ1n) is 7.62. The molecule has 8 nitrogen and oxygen atoms in total. The monoisotopic (exact) mass is 347 g/mol. The van der Waals surface area contributed by atoms with Crippen LogP contribution in [0.4, 0.5) is 5.69 Å². The third-order valence-electron chi connectivity index (χ3n) is 3.20. The fourth-order valence-electron chi connectivity index (χ4n) is 2.04. The van der Waals surface area contributed by atoms with E-state index in [2.05, 4.69) is 10.3 Å². The highest BCUT2D eigenvalue weighted by Crippen LogP contribution is 2.29. The average molecular weight is 347 g/mol. The van der Waals surface area contributed by atoms with E-state index in [4.69, 9.17) is 24.4 Å². The van der Waals surface area contributed by atoms with Gasteiger partial charge in [0, 0.05) is 11.8 Å². The lowest BCUT2D eigenvalue weighted by atomic mass is 10.3. The van der Waals surface area contributed by atoms with Crippen LogP contribution in [0.15, 0.2) is 39.7 Å². The molecule has 0 radical (unpaired) electrons. The Labute approximate surface area is 145 Å². The number of ether oxygens (including phenoxy) is 3. The van der Waals surface area contributed by atoms with Crippen molar-refractivity contribution < 1.29 is 23.4 Å². The number of aliphatic imine (C=N–C) groups is 1. The molecule has 134 valence electrons. The number of furan rings is 1. The zero-order valence-corrected chi connectivity index (χ0v) is 14.4. The van der Waals surface area contributed by atoms with E-state index in [0.29, 0.717) is 22.9 Å². The van der Waals surface area contributed by atoms with Crippen LogP contribution in [0, 0.1) is 0 Å². The summed E-state index contributed by atoms with van der Waals surface area (Å²) in [5.41, 5.74) is 6.56. The average Bonchev–Trinajstić information content (AvgIpc) is 3.09. The quantitative estimate of drug-likeness (QED) is 0.450. The molecule has 2 aromatic rings. The molecule has 0 spiro atoms. The number of hydrogen-bond acceptors (Lipinski definition) is 6. The van der Waals surface area contributed by atoms with Crippen molar-refractivity contribution in [3.05, 3.63) is 41.9 Å². The van der Waals surface area contributed by atoms with Crippen molar-refractivity contribution in [1.82, 2.24) is 0 Å². The maximum absolute atomic E-state index is 11.5. The fraction of sp³-hybridized carbons (Fsp3) is 0.294. The number of carbonyl (C=O) groups excluding carboxylic acids is 1. The summed E-state index contributed by atoms with van der Waals surface area (Å²) in [6.07, 6.45) is 0. The van der Waals surface area contributed by atoms with Crippen LogP contribution in [-0.4, -0.2) is 32.8 Å². The van der Waals surface area contributed by atoms with Gasteiger partial charge in [0.25, 0.3) is 0 Å². The summed E-state index contributed by atoms with van der Waals surface area (Å²) in [5.74, 6) is 1.52. The molecule has 0 saturated carbocycles. The molecule has 0 bridgehead atoms. The normalized spacial score (nSPS) is 11.1. The first-order valence-corrected chi connectivity index (χ1v) is 7.62. The number of benzene rings is 1. The van der Waals surface area contributed by atoms with Gasteiger partial charge in [-0.05, 0) is 31.2 Å². The van der Waals surface area contributed by atoms with E-state index in [-0.39, 0.29) is 24.9 Å². The van der Waals surface area contributed by atoms with Gasteiger partial charge in [0.1, 0.15) is 12.3 Å². The summed E-state index contributed by atoms with van der Waals surface area (Å²) < 4.78 is 20.6. The number of nitrogens with zero attached hydrogens (tertiary/aromatic N) is 1. The molecule has 2 rings (SSSR count). The summed E-state index contributed by atoms with van der Waals surface area (Å²) in [6, 6.07) is 8.48. The zero-order chi connectivity index (χ0) is 18.2. The van der Waals surface area contributed by atoms with Crippen molar-refractivity contribution in [2.75, 3.05) is 26.1 Å². The van der Waals surface area contributed by atoms with E-state index in [1.54, 1.807) is 51.5 Å². The maximum Gasteiger partial charge on any atom is 0.374 e. The standard InChI is InChI=1S/C17H21N3O5/c1-4-24-16(21)14-8-6-12(25-14)10-19-17(18)20-11-5-7-13(22-2)15(9-11)23-3/h5-9H,4,10H2,1-3H3,(H3,18,19,20). The lowest BCUT2D eigenvalue weighted by Crippen LogP contribution is -2.22. The van der Waals surface area contributed by atoms with Gasteiger partial charge in [-0.15, -0.1) is 0 Å². The summed E-state index contributed by atoms with van der Waals surface area (Å²) >= 11 is 0. The number of rotatable bonds is 7. The second kappa shape index (κ2) is 8.62. The number of nitrogens with one attached hydrogen (secondary N) is 1. The van der Waals surface area contributed by atoms with Gasteiger partial charge in [0.15, 0.2) is 17.5 Å². The second-order valence-electron chi connectivity index (χ2n) is 4.88. The molecule has 0 aliphatic heterocycles. The molecular weight excluding hydrogens is 326 g/mol. The van der Waals surface area contributed by atoms with Crippen molar-refractivity contribution in [1.29, 1.82) is 0 Å². The number of hydrogen-bond donors (Lipinski definition) is 2. The van der Waals surface area contributed by atoms with Gasteiger partial charge < -0.3 is 29.7 Å². The lowest BCUT2D eigenvalue weighted by Gasteiger charge is -2.10. The van der Waals surface area contributed by atoms with Gasteiger partial charge in [0.2, 0.25) is 5.76 Å². The molecule has 1 aromatic carbocycles. The number of carbonyl (C=O) groups is 1. The molecule has 1 aromatic heterocycles. The van der Waals surface area contributed by atoms with Crippen LogP contribution >= 0.6 is 0 Å². The molecule has 0 unspecified atom stereocenters. The van der Waals surface area contributed by atoms with Crippen molar-refractivity contribution in [3.8, 4) is 11.5 Å². The van der Waals surface area contributed by atoms with E-state index >= 15 is 0 Å². The van der Waals surface area contributed by atoms with Crippen LogP contribution in [-0.2, 0) is 11.3 Å². The largest absolute Gasteiger partial charge is 0.493 e. The van der Waals surface area contributed by atoms with Crippen molar-refractivity contribution in [2.24, 2.45) is 10.7 Å². The van der Waals surface area contributed by atoms with Gasteiger partial charge in [0.05, 0.1) is 20.8 Å². The van der Waals surface area contributed by atoms with Crippen molar-refractivity contribution in [3.63, 3.8) is 0 Å². The van der Waals surface area contributed by atoms with Crippen LogP contribution in [0.3, 0.4) is 0 Å². The lowest BCUT2D eigenvalue weighted by molar-refractivity contribution is 0.0488. The predicted molar refractivity (Wildman–Crippen MR) is 93.2 cm³/mol. The molecule has 0 amide bonds. The van der Waals surface area contributed by atoms with E-state index in [0.717, 1.165) is 0 Å². The molecule has 1 heterocycles. The van der Waals surface area contributed by atoms with Crippen LogP contribution < -0.4 is 20.5 Å². The Morgan fingerprint density at radius 2 is 1.96 bits per heavy atom. The third kappa shape index (κ3) is 4.90. The summed E-state index contributed by atoms with van der Waals surface area (Å²) in [7, 11) is 3.12. The van der Waals surface area contributed by atoms with Gasteiger partial charge in [-0.1, -0.05) is 0 Å². The van der Waals surface area contributed by atoms with Crippen LogP contribution in [0.5, 0.6) is 11.5 Å². The Morgan fingerprint density at radius 1 is 1.20 bits per heavy atom. The number of guanidine groups is 1. The van der Waals surface area contributed by atoms with Crippen LogP contribution in [0.25, 0.3) is 0 Å². The number of esters is 1. The molecule has 0 saturated heterocycles. The Morgan fingerprint density at radius 3 is 2.64 bits per heavy atom. The topological polar surface area (TPSA) is 108 Å². The van der Waals surface area contributed by atoms with Crippen LogP contribution in [0.2, 0.25) is 0 Å². The second-order valence-corrected chi connectivity index (χ2v) is 4.88. The Bertz CT molecular complexity index is 754. The predicted octanol–water partition coefficient (Wildman–Crippen LogP) is 2.40. The third-order valence-corrected chi connectivity index (χ3v) is 3.20. The van der Waals surface area contributed by atoms with Crippen molar-refractivity contribution >= 4 is 17.6 Å². The minimum Gasteiger partial charge on any atom is -0.493 e. The molecule has 0 aliphatic rings. The molecule has 0 fully saturated rings. The minimum absolute atomic E-state index is 0.137. The Kier molecular flexibility index (Phi) is 6.27. The maximum atomic E-state index is 11.5. The SMILES string of the molecule is CCOC(=O)c1ccc(CN=C(N)Nc2ccc(OC)c(OC)c2)o1. The molecule has 8 heteroatoms. The molecule has 3 N–H and O–H groups in total. The van der Waals surface area contributed by atoms with Gasteiger partial charge in [-0.3, -0.25) is 0 Å². The van der Waals surface area contributed by atoms with Crippen LogP contribution in [0.1, 0.15) is 23.2 Å². The Balaban J connectivity index is 1.99. The van der Waals surface area contributed by atoms with E-state index in [1.165, 1.54) is 0 Å². The Hall–Kier alpha value is -3.16. The summed E-state index contributed by atoms with van der Waals surface area (Å²) in [6.45, 7) is 2.20. The number of anilines is 1. The number of nitrogens with two attached hydrogens (primary N) is 1. The first-order chi connectivity index (χ1) is 12.1. The smallest absolute Gasteiger partial charge is 0.374 e. The fourth-order valence-corrected chi connectivity index (χ4v) is 2.04. The molecule has 0 aliphatic carbocycles. The molecule has 0 atom stereocenters. The highest BCUT2D eigenvalue weighted by Gasteiger charge is 2.11. The van der Waals surface area contributed by atoms with E-state index < -0.39 is 5.97 Å². The first kappa shape index (κ1) is 18.2. The van der Waals surface area contributed by atoms with Gasteiger partial charge in [-0.25, -0.2) is 9.79 Å². The van der Waals surface area contributed by atoms with Gasteiger partial charge >= 0.3 is 5.97 Å². The highest BCUT2D eigenvalue weighted by molar-refractivity contribution is 5.92. The zero-order valence-electron chi connectivity index (χ0n) is 14.4. The highest BCUT2D eigenvalue weighted by atomic mass is 16.5. The van der Waals surface area contributed by atoms with E-state index in [1.807, 2.05) is 0 Å². The molecule has 25 heavy (non-hydrogen) atoms. The molecular formula is C17H21N3O5. The summed E-state index contributed by atoms with van der Waals surface area (Å²) in [4.78, 5) is 15.7. The van der Waals surface area contributed by atoms with E-state index in [9.17, 15) is 4.79 Å².